The zero-order valence-electron chi connectivity index (χ0n) is 50.4. The van der Waals surface area contributed by atoms with Gasteiger partial charge in [0.15, 0.2) is 17.7 Å². The summed E-state index contributed by atoms with van der Waals surface area (Å²) >= 11 is 0. The van der Waals surface area contributed by atoms with Gasteiger partial charge >= 0.3 is 29.6 Å². The molecule has 3 fully saturated rings. The molecule has 3 aliphatic rings. The minimum atomic E-state index is -5.60. The Bertz CT molecular complexity index is 3130. The van der Waals surface area contributed by atoms with Crippen molar-refractivity contribution in [3.63, 3.8) is 0 Å². The van der Waals surface area contributed by atoms with Gasteiger partial charge in [-0.05, 0) is 66.1 Å². The van der Waals surface area contributed by atoms with E-state index in [1.165, 1.54) is 64.0 Å². The molecule has 90 heavy (non-hydrogen) atoms. The minimum Gasteiger partial charge on any atom is -0.716 e. The molecule has 3 aromatic rings. The third-order valence-corrected chi connectivity index (χ3v) is 16.3. The fraction of sp³-hybridized carbons (Fsp3) is 0.586. The standard InChI is InChI=1S/C58H82N8O22S.Na/c1-4-5-6-7-8-9-10-11-12-13-20-87-36-18-16-31-21-34(15-14-32(31)22-36)51(76)60-37-25-41(71)54(79)64-56(81)47-48(73)29(2)27-66(47)58(83)45(40(70)26-43(59)72)62-55(80)46(50(75)49(74)33-17-19-39(69)42(23-33)88-89(84,85)86)63-53(78)38-24-35(68)28-65(38)57(82)44(30(3)67)61-52(37)77;/h14-19,21-23,29-30,35,37-38,40-41,44-50,54,67-71,73-75,79H,4-13,20,24-28H2,1-3H3,(H2,59,72)(H,60,76)(H,61,77)(H,62,80)(H,63,78)(H,64,81)(H,84,85,86);/q;+1/p-1/t29-,30+,35+,37+,38-,40+,41+,44?,45-,46-,47-,48-,49-,50-,54+;/m0./s1. The SMILES string of the molecule is CCCCCCCCCCCCOc1ccc2cc(C(=O)N[C@@H]3C[C@@H](O)[C@@H](O)NC(=O)[C@@H]4[C@@H](O)[C@@H](C)CN4C(=O)[C@H]([C@H](O)CC(N)=O)NC(=O)[C@H]([C@H](O)[C@@H](O)c4ccc(O)c(OS(=O)(=O)[O-])c4)NC(=O)[C@@H]4C[C@@H](O)CN4C(=O)C([C@@H](C)O)NC3=O)ccc2c1.[Na+]. The number of aliphatic hydroxyl groups is 8. The summed E-state index contributed by atoms with van der Waals surface area (Å²) < 4.78 is 44.6. The van der Waals surface area contributed by atoms with Gasteiger partial charge in [0, 0.05) is 37.4 Å². The first-order chi connectivity index (χ1) is 42.0. The van der Waals surface area contributed by atoms with Crippen LogP contribution < -0.4 is 70.8 Å². The molecule has 6 rings (SSSR count). The normalized spacial score (nSPS) is 26.2. The first kappa shape index (κ1) is 74.4. The number of aliphatic hydroxyl groups excluding tert-OH is 8. The second-order valence-corrected chi connectivity index (χ2v) is 23.9. The van der Waals surface area contributed by atoms with E-state index in [1.54, 1.807) is 24.3 Å². The molecule has 0 saturated carbocycles. The summed E-state index contributed by atoms with van der Waals surface area (Å²) in [5.41, 5.74) is 4.70. The van der Waals surface area contributed by atoms with Crippen molar-refractivity contribution in [2.24, 2.45) is 11.7 Å². The molecule has 15 atom stereocenters. The molecule has 3 saturated heterocycles. The number of nitrogens with one attached hydrogen (secondary N) is 5. The van der Waals surface area contributed by atoms with Crippen LogP contribution in [0, 0.1) is 5.92 Å². The van der Waals surface area contributed by atoms with E-state index in [0.717, 1.165) is 32.3 Å². The van der Waals surface area contributed by atoms with E-state index in [0.29, 0.717) is 45.1 Å². The Labute approximate surface area is 541 Å². The zero-order chi connectivity index (χ0) is 65.6. The number of phenolic OH excluding ortho intramolecular Hbond substituents is 1. The first-order valence-electron chi connectivity index (χ1n) is 29.5. The van der Waals surface area contributed by atoms with E-state index in [1.807, 2.05) is 10.6 Å². The molecule has 0 spiro atoms. The largest absolute Gasteiger partial charge is 1.00 e. The Morgan fingerprint density at radius 3 is 1.97 bits per heavy atom. The van der Waals surface area contributed by atoms with Crippen molar-refractivity contribution in [1.29, 1.82) is 0 Å². The summed E-state index contributed by atoms with van der Waals surface area (Å²) in [6.45, 7) is 3.80. The number of ether oxygens (including phenoxy) is 1. The van der Waals surface area contributed by atoms with Crippen LogP contribution in [-0.2, 0) is 44.0 Å². The van der Waals surface area contributed by atoms with Crippen LogP contribution in [0.1, 0.15) is 126 Å². The second kappa shape index (κ2) is 33.8. The fourth-order valence-corrected chi connectivity index (χ4v) is 11.3. The van der Waals surface area contributed by atoms with Gasteiger partial charge in [0.05, 0.1) is 37.4 Å². The second-order valence-electron chi connectivity index (χ2n) is 22.9. The summed E-state index contributed by atoms with van der Waals surface area (Å²) in [5, 5.41) is 113. The van der Waals surface area contributed by atoms with Gasteiger partial charge in [-0.1, -0.05) is 89.8 Å². The number of hydrogen-bond donors (Lipinski definition) is 15. The number of nitrogens with two attached hydrogens (primary N) is 1. The van der Waals surface area contributed by atoms with Crippen molar-refractivity contribution in [2.75, 3.05) is 19.7 Å². The van der Waals surface area contributed by atoms with E-state index < -0.39 is 198 Å². The van der Waals surface area contributed by atoms with Crippen LogP contribution in [0.5, 0.6) is 17.2 Å². The smallest absolute Gasteiger partial charge is 0.716 e. The van der Waals surface area contributed by atoms with Crippen molar-refractivity contribution in [1.82, 2.24) is 36.4 Å². The van der Waals surface area contributed by atoms with E-state index in [9.17, 15) is 97.3 Å². The first-order valence-corrected chi connectivity index (χ1v) is 30.8. The van der Waals surface area contributed by atoms with Crippen molar-refractivity contribution >= 4 is 68.4 Å². The van der Waals surface area contributed by atoms with Gasteiger partial charge in [-0.3, -0.25) is 38.4 Å². The summed E-state index contributed by atoms with van der Waals surface area (Å²) in [5.74, 6) is -13.3. The van der Waals surface area contributed by atoms with Gasteiger partial charge in [0.25, 0.3) is 16.3 Å². The fourth-order valence-electron chi connectivity index (χ4n) is 11.0. The summed E-state index contributed by atoms with van der Waals surface area (Å²) in [6, 6.07) is -1.25. The number of rotatable bonds is 23. The number of amides is 8. The van der Waals surface area contributed by atoms with Gasteiger partial charge < -0.3 is 102 Å². The number of carbonyl (C=O) groups excluding carboxylic acids is 8. The third kappa shape index (κ3) is 20.1. The Kier molecular flexibility index (Phi) is 28.0. The Morgan fingerprint density at radius 2 is 1.33 bits per heavy atom. The Balaban J connectivity index is 0.0000147. The van der Waals surface area contributed by atoms with E-state index >= 15 is 0 Å². The molecule has 0 bridgehead atoms. The van der Waals surface area contributed by atoms with Crippen molar-refractivity contribution in [3.8, 4) is 17.2 Å². The van der Waals surface area contributed by atoms with Crippen LogP contribution in [0.25, 0.3) is 10.8 Å². The molecule has 1 unspecified atom stereocenters. The molecule has 30 nitrogen and oxygen atoms in total. The van der Waals surface area contributed by atoms with Crippen molar-refractivity contribution in [2.45, 2.75) is 189 Å². The maximum atomic E-state index is 14.7. The number of nitrogens with zero attached hydrogens (tertiary/aromatic N) is 2. The predicted octanol–water partition coefficient (Wildman–Crippen LogP) is -5.68. The summed E-state index contributed by atoms with van der Waals surface area (Å²) in [4.78, 5) is 115. The van der Waals surface area contributed by atoms with Gasteiger partial charge in [-0.15, -0.1) is 0 Å². The molecule has 32 heteroatoms. The molecular weight excluding hydrogens is 1220 g/mol. The quantitative estimate of drug-likeness (QED) is 0.0182. The zero-order valence-corrected chi connectivity index (χ0v) is 53.2. The topological polar surface area (TPSA) is 487 Å². The predicted molar refractivity (Wildman–Crippen MR) is 311 cm³/mol. The van der Waals surface area contributed by atoms with Gasteiger partial charge in [-0.25, -0.2) is 8.42 Å². The van der Waals surface area contributed by atoms with Crippen LogP contribution in [0.2, 0.25) is 0 Å². The van der Waals surface area contributed by atoms with E-state index in [2.05, 4.69) is 27.1 Å². The van der Waals surface area contributed by atoms with Crippen LogP contribution in [0.15, 0.2) is 54.6 Å². The molecule has 3 aliphatic heterocycles. The van der Waals surface area contributed by atoms with Gasteiger partial charge in [0.2, 0.25) is 41.4 Å². The van der Waals surface area contributed by atoms with Gasteiger partial charge in [0.1, 0.15) is 60.3 Å². The van der Waals surface area contributed by atoms with Crippen LogP contribution in [0.4, 0.5) is 0 Å². The van der Waals surface area contributed by atoms with Gasteiger partial charge in [-0.2, -0.15) is 0 Å². The number of phenols is 1. The van der Waals surface area contributed by atoms with Crippen molar-refractivity contribution in [3.05, 3.63) is 65.7 Å². The maximum Gasteiger partial charge on any atom is 1.00 e. The van der Waals surface area contributed by atoms with Crippen LogP contribution in [0.3, 0.4) is 0 Å². The Hall–Kier alpha value is -6.33. The number of carbonyl (C=O) groups is 8. The summed E-state index contributed by atoms with van der Waals surface area (Å²) in [7, 11) is -5.60. The number of fused-ring (bicyclic) bond motifs is 3. The van der Waals surface area contributed by atoms with E-state index in [-0.39, 0.29) is 35.1 Å². The average molecular weight is 1300 g/mol. The number of hydrogen-bond acceptors (Lipinski definition) is 22. The molecule has 492 valence electrons. The van der Waals surface area contributed by atoms with Crippen LogP contribution >= 0.6 is 0 Å². The number of unbranched alkanes of at least 4 members (excludes halogenated alkanes) is 9. The minimum absolute atomic E-state index is 0. The molecular formula is C58H81N8NaO22S. The molecule has 8 amide bonds. The number of aromatic hydroxyl groups is 1. The summed E-state index contributed by atoms with van der Waals surface area (Å²) in [6.07, 6.45) is -8.57. The molecule has 3 aromatic carbocycles. The molecule has 0 aliphatic carbocycles. The number of benzene rings is 3. The molecule has 0 aromatic heterocycles. The third-order valence-electron chi connectivity index (χ3n) is 15.9. The monoisotopic (exact) mass is 1300 g/mol. The van der Waals surface area contributed by atoms with Crippen LogP contribution in [-0.4, -0.2) is 215 Å². The molecule has 0 radical (unpaired) electrons. The average Bonchev–Trinajstić information content (AvgIpc) is 1.60. The maximum absolute atomic E-state index is 14.7. The Morgan fingerprint density at radius 1 is 0.733 bits per heavy atom. The number of primary amides is 1. The molecule has 16 N–H and O–H groups in total. The molecule has 3 heterocycles. The van der Waals surface area contributed by atoms with E-state index in [4.69, 9.17) is 10.5 Å². The van der Waals surface area contributed by atoms with Crippen molar-refractivity contribution < 1.29 is 136 Å².